The number of para-hydroxylation sites is 1. The molecule has 2 amide bonds. The minimum atomic E-state index is -0.466. The van der Waals surface area contributed by atoms with Gasteiger partial charge in [-0.15, -0.1) is 0 Å². The number of benzene rings is 2. The summed E-state index contributed by atoms with van der Waals surface area (Å²) in [4.78, 5) is 37.7. The number of carbonyl (C=O) groups excluding carboxylic acids is 2. The van der Waals surface area contributed by atoms with Crippen molar-refractivity contribution in [2.45, 2.75) is 0 Å². The largest absolute Gasteiger partial charge is 0.494 e. The first kappa shape index (κ1) is 25.2. The van der Waals surface area contributed by atoms with E-state index in [9.17, 15) is 9.59 Å². The van der Waals surface area contributed by atoms with E-state index >= 15 is 0 Å². The number of aromatic nitrogens is 3. The molecule has 0 fully saturated rings. The van der Waals surface area contributed by atoms with Crippen LogP contribution in [0, 0.1) is 0 Å². The van der Waals surface area contributed by atoms with Crippen LogP contribution < -0.4 is 19.9 Å². The maximum Gasteiger partial charge on any atom is 0.257 e. The lowest BCUT2D eigenvalue weighted by molar-refractivity contribution is -0.113. The number of nitrogens with one attached hydrogen (secondary N) is 1. The predicted molar refractivity (Wildman–Crippen MR) is 147 cm³/mol. The highest BCUT2D eigenvalue weighted by Gasteiger charge is 2.25. The molecule has 0 bridgehead atoms. The quantitative estimate of drug-likeness (QED) is 0.356. The molecule has 37 heavy (non-hydrogen) atoms. The van der Waals surface area contributed by atoms with Crippen LogP contribution in [0.1, 0.15) is 0 Å². The number of hydrogen-bond acceptors (Lipinski definition) is 6. The van der Waals surface area contributed by atoms with E-state index in [1.807, 2.05) is 61.1 Å². The molecule has 2 aromatic heterocycles. The van der Waals surface area contributed by atoms with Crippen molar-refractivity contribution in [2.24, 2.45) is 7.05 Å². The van der Waals surface area contributed by atoms with Crippen molar-refractivity contribution < 1.29 is 14.3 Å². The van der Waals surface area contributed by atoms with Crippen LogP contribution in [0.2, 0.25) is 0 Å². The maximum absolute atomic E-state index is 13.2. The maximum atomic E-state index is 13.2. The first-order valence-corrected chi connectivity index (χ1v) is 11.5. The van der Waals surface area contributed by atoms with Crippen molar-refractivity contribution in [2.75, 3.05) is 36.3 Å². The standard InChI is InChI=1S/C28H28N6O3/c1-7-26(35)30-21-15-24(25(37-6)16-23(21)32(3)4)34(27(36)8-2)28-29-14-13-20(31-28)19-17-33(5)22-12-10-9-11-18(19)22/h7-17H,1-2H2,3-6H3,(H,30,35). The normalized spacial score (nSPS) is 10.6. The fourth-order valence-electron chi connectivity index (χ4n) is 4.12. The zero-order chi connectivity index (χ0) is 26.7. The second-order valence-corrected chi connectivity index (χ2v) is 8.42. The minimum Gasteiger partial charge on any atom is -0.494 e. The van der Waals surface area contributed by atoms with Crippen LogP contribution in [0.4, 0.5) is 23.0 Å². The molecule has 9 heteroatoms. The van der Waals surface area contributed by atoms with E-state index in [2.05, 4.69) is 23.5 Å². The average molecular weight is 497 g/mol. The summed E-state index contributed by atoms with van der Waals surface area (Å²) in [7, 11) is 7.14. The number of anilines is 4. The van der Waals surface area contributed by atoms with Crippen molar-refractivity contribution in [3.05, 3.63) is 80.2 Å². The predicted octanol–water partition coefficient (Wildman–Crippen LogP) is 4.69. The third-order valence-corrected chi connectivity index (χ3v) is 5.87. The van der Waals surface area contributed by atoms with Gasteiger partial charge in [-0.05, 0) is 30.4 Å². The number of aryl methyl sites for hydroxylation is 1. The van der Waals surface area contributed by atoms with Gasteiger partial charge in [0, 0.05) is 56.1 Å². The van der Waals surface area contributed by atoms with E-state index in [1.54, 1.807) is 24.4 Å². The molecule has 0 saturated carbocycles. The molecule has 4 aromatic rings. The molecule has 0 unspecified atom stereocenters. The Hall–Kier alpha value is -4.92. The van der Waals surface area contributed by atoms with Crippen LogP contribution in [0.5, 0.6) is 5.75 Å². The Bertz CT molecular complexity index is 1520. The summed E-state index contributed by atoms with van der Waals surface area (Å²) in [5.41, 5.74) is 4.08. The number of rotatable bonds is 8. The van der Waals surface area contributed by atoms with Crippen molar-refractivity contribution in [3.63, 3.8) is 0 Å². The number of hydrogen-bond donors (Lipinski definition) is 1. The van der Waals surface area contributed by atoms with Crippen molar-refractivity contribution >= 4 is 45.7 Å². The Morgan fingerprint density at radius 1 is 1.08 bits per heavy atom. The average Bonchev–Trinajstić information content (AvgIpc) is 3.25. The zero-order valence-electron chi connectivity index (χ0n) is 21.2. The Balaban J connectivity index is 1.91. The fourth-order valence-corrected chi connectivity index (χ4v) is 4.12. The lowest BCUT2D eigenvalue weighted by Gasteiger charge is -2.25. The van der Waals surface area contributed by atoms with E-state index in [0.717, 1.165) is 16.5 Å². The molecule has 188 valence electrons. The van der Waals surface area contributed by atoms with Gasteiger partial charge in [0.2, 0.25) is 11.9 Å². The third-order valence-electron chi connectivity index (χ3n) is 5.87. The van der Waals surface area contributed by atoms with Crippen LogP contribution in [0.15, 0.2) is 80.2 Å². The second kappa shape index (κ2) is 10.4. The Morgan fingerprint density at radius 3 is 2.51 bits per heavy atom. The van der Waals surface area contributed by atoms with Gasteiger partial charge in [-0.3, -0.25) is 9.59 Å². The first-order valence-electron chi connectivity index (χ1n) is 11.5. The number of amides is 2. The molecule has 0 aliphatic carbocycles. The molecule has 2 heterocycles. The fraction of sp³-hybridized carbons (Fsp3) is 0.143. The zero-order valence-corrected chi connectivity index (χ0v) is 21.2. The Kier molecular flexibility index (Phi) is 7.06. The lowest BCUT2D eigenvalue weighted by Crippen LogP contribution is -2.27. The summed E-state index contributed by atoms with van der Waals surface area (Å²) in [5.74, 6) is -0.344. The van der Waals surface area contributed by atoms with Crippen LogP contribution in [0.25, 0.3) is 22.2 Å². The highest BCUT2D eigenvalue weighted by Crippen LogP contribution is 2.41. The summed E-state index contributed by atoms with van der Waals surface area (Å²) < 4.78 is 7.67. The summed E-state index contributed by atoms with van der Waals surface area (Å²) in [5, 5.41) is 3.82. The van der Waals surface area contributed by atoms with Gasteiger partial charge in [-0.25, -0.2) is 14.9 Å². The Labute approximate surface area is 215 Å². The Morgan fingerprint density at radius 2 is 1.84 bits per heavy atom. The van der Waals surface area contributed by atoms with Gasteiger partial charge >= 0.3 is 0 Å². The van der Waals surface area contributed by atoms with Crippen LogP contribution in [-0.2, 0) is 16.6 Å². The molecular formula is C28H28N6O3. The first-order chi connectivity index (χ1) is 17.8. The van der Waals surface area contributed by atoms with Gasteiger partial charge in [0.15, 0.2) is 0 Å². The topological polar surface area (TPSA) is 92.6 Å². The van der Waals surface area contributed by atoms with Gasteiger partial charge in [-0.2, -0.15) is 0 Å². The number of fused-ring (bicyclic) bond motifs is 1. The van der Waals surface area contributed by atoms with E-state index in [-0.39, 0.29) is 5.95 Å². The van der Waals surface area contributed by atoms with E-state index in [1.165, 1.54) is 24.2 Å². The number of nitrogens with zero attached hydrogens (tertiary/aromatic N) is 5. The molecule has 9 nitrogen and oxygen atoms in total. The summed E-state index contributed by atoms with van der Waals surface area (Å²) in [6.45, 7) is 7.18. The van der Waals surface area contributed by atoms with Crippen molar-refractivity contribution in [1.82, 2.24) is 14.5 Å². The molecule has 0 aliphatic rings. The second-order valence-electron chi connectivity index (χ2n) is 8.42. The number of carbonyl (C=O) groups is 2. The molecular weight excluding hydrogens is 468 g/mol. The summed E-state index contributed by atoms with van der Waals surface area (Å²) in [6.07, 6.45) is 5.94. The van der Waals surface area contributed by atoms with Crippen molar-refractivity contribution in [1.29, 1.82) is 0 Å². The molecule has 2 aromatic carbocycles. The SMILES string of the molecule is C=CC(=O)Nc1cc(N(C(=O)C=C)c2nccc(-c3cn(C)c4ccccc34)n2)c(OC)cc1N(C)C. The highest BCUT2D eigenvalue weighted by atomic mass is 16.5. The highest BCUT2D eigenvalue weighted by molar-refractivity contribution is 6.09. The molecule has 0 saturated heterocycles. The van der Waals surface area contributed by atoms with E-state index < -0.39 is 11.8 Å². The third kappa shape index (κ3) is 4.79. The van der Waals surface area contributed by atoms with Crippen LogP contribution >= 0.6 is 0 Å². The van der Waals surface area contributed by atoms with Crippen LogP contribution in [0.3, 0.4) is 0 Å². The molecule has 0 atom stereocenters. The number of methoxy groups -OCH3 is 1. The molecule has 1 N–H and O–H groups in total. The smallest absolute Gasteiger partial charge is 0.257 e. The monoisotopic (exact) mass is 496 g/mol. The van der Waals surface area contributed by atoms with Crippen LogP contribution in [-0.4, -0.2) is 47.6 Å². The van der Waals surface area contributed by atoms with Gasteiger partial charge in [-0.1, -0.05) is 31.4 Å². The summed E-state index contributed by atoms with van der Waals surface area (Å²) in [6, 6.07) is 13.2. The molecule has 4 rings (SSSR count). The van der Waals surface area contributed by atoms with E-state index in [0.29, 0.717) is 28.5 Å². The molecule has 0 radical (unpaired) electrons. The molecule has 0 aliphatic heterocycles. The van der Waals surface area contributed by atoms with Crippen molar-refractivity contribution in [3.8, 4) is 17.0 Å². The van der Waals surface area contributed by atoms with Gasteiger partial charge in [0.1, 0.15) is 5.75 Å². The number of ether oxygens (including phenoxy) is 1. The van der Waals surface area contributed by atoms with Gasteiger partial charge in [0.05, 0.1) is 29.9 Å². The molecule has 0 spiro atoms. The summed E-state index contributed by atoms with van der Waals surface area (Å²) >= 11 is 0. The van der Waals surface area contributed by atoms with Gasteiger partial charge in [0.25, 0.3) is 5.91 Å². The minimum absolute atomic E-state index is 0.132. The van der Waals surface area contributed by atoms with E-state index in [4.69, 9.17) is 9.72 Å². The lowest BCUT2D eigenvalue weighted by atomic mass is 10.1. The van der Waals surface area contributed by atoms with Gasteiger partial charge < -0.3 is 19.5 Å².